The molecule has 0 unspecified atom stereocenters. The number of ether oxygens (including phenoxy) is 1. The first-order chi connectivity index (χ1) is 7.94. The van der Waals surface area contributed by atoms with E-state index in [-0.39, 0.29) is 5.60 Å². The van der Waals surface area contributed by atoms with Crippen LogP contribution in [0.2, 0.25) is 0 Å². The maximum atomic E-state index is 5.88. The van der Waals surface area contributed by atoms with Gasteiger partial charge in [0.15, 0.2) is 0 Å². The van der Waals surface area contributed by atoms with Crippen molar-refractivity contribution in [1.29, 1.82) is 0 Å². The Hall–Kier alpha value is -1.16. The lowest BCUT2D eigenvalue weighted by atomic mass is 10.2. The first-order valence-electron chi connectivity index (χ1n) is 6.19. The van der Waals surface area contributed by atoms with Crippen LogP contribution in [-0.2, 0) is 6.54 Å². The van der Waals surface area contributed by atoms with Crippen LogP contribution in [0.25, 0.3) is 0 Å². The molecule has 94 valence electrons. The molecule has 17 heavy (non-hydrogen) atoms. The molecular weight excluding hydrogens is 214 g/mol. The fraction of sp³-hybridized carbons (Fsp3) is 0.692. The van der Waals surface area contributed by atoms with E-state index in [1.54, 1.807) is 0 Å². The molecule has 0 spiro atoms. The van der Waals surface area contributed by atoms with E-state index in [1.807, 2.05) is 33.9 Å². The molecule has 4 heteroatoms. The van der Waals surface area contributed by atoms with Gasteiger partial charge < -0.3 is 10.1 Å². The Bertz CT molecular complexity index is 394. The summed E-state index contributed by atoms with van der Waals surface area (Å²) in [6.45, 7) is 8.76. The molecule has 0 bridgehead atoms. The quantitative estimate of drug-likeness (QED) is 0.869. The number of aryl methyl sites for hydroxylation is 1. The number of aromatic nitrogens is 2. The van der Waals surface area contributed by atoms with Gasteiger partial charge in [-0.2, -0.15) is 4.98 Å². The molecule has 1 saturated carbocycles. The highest BCUT2D eigenvalue weighted by molar-refractivity contribution is 5.24. The predicted octanol–water partition coefficient (Wildman–Crippen LogP) is 2.21. The maximum absolute atomic E-state index is 5.88. The van der Waals surface area contributed by atoms with Crippen molar-refractivity contribution in [2.75, 3.05) is 0 Å². The zero-order valence-corrected chi connectivity index (χ0v) is 11.1. The summed E-state index contributed by atoms with van der Waals surface area (Å²) in [6.07, 6.45) is 4.42. The second-order valence-electron chi connectivity index (χ2n) is 5.62. The number of hydrogen-bond acceptors (Lipinski definition) is 4. The van der Waals surface area contributed by atoms with Crippen LogP contribution in [0.15, 0.2) is 6.20 Å². The van der Waals surface area contributed by atoms with Gasteiger partial charge in [-0.05, 0) is 40.5 Å². The van der Waals surface area contributed by atoms with E-state index in [2.05, 4.69) is 15.3 Å². The predicted molar refractivity (Wildman–Crippen MR) is 67.0 cm³/mol. The minimum absolute atomic E-state index is 0.227. The molecule has 0 atom stereocenters. The van der Waals surface area contributed by atoms with Crippen LogP contribution in [0.5, 0.6) is 5.88 Å². The van der Waals surface area contributed by atoms with Crippen molar-refractivity contribution < 1.29 is 4.74 Å². The molecule has 1 aromatic rings. The van der Waals surface area contributed by atoms with Gasteiger partial charge in [0.1, 0.15) is 11.4 Å². The molecule has 0 aliphatic heterocycles. The number of rotatable bonds is 4. The Labute approximate surface area is 103 Å². The number of hydrogen-bond donors (Lipinski definition) is 1. The molecule has 2 rings (SSSR count). The van der Waals surface area contributed by atoms with Crippen LogP contribution in [0.1, 0.15) is 45.0 Å². The van der Waals surface area contributed by atoms with Gasteiger partial charge in [0, 0.05) is 24.3 Å². The van der Waals surface area contributed by atoms with Crippen molar-refractivity contribution >= 4 is 0 Å². The summed E-state index contributed by atoms with van der Waals surface area (Å²) in [5.41, 5.74) is 0.812. The summed E-state index contributed by atoms with van der Waals surface area (Å²) in [4.78, 5) is 8.62. The minimum Gasteiger partial charge on any atom is -0.472 e. The van der Waals surface area contributed by atoms with Gasteiger partial charge in [0.2, 0.25) is 5.88 Å². The van der Waals surface area contributed by atoms with Crippen molar-refractivity contribution in [3.8, 4) is 5.88 Å². The van der Waals surface area contributed by atoms with Gasteiger partial charge >= 0.3 is 0 Å². The fourth-order valence-corrected chi connectivity index (χ4v) is 1.52. The van der Waals surface area contributed by atoms with Crippen LogP contribution in [0.3, 0.4) is 0 Å². The lowest BCUT2D eigenvalue weighted by molar-refractivity contribution is 0.121. The smallest absolute Gasteiger partial charge is 0.221 e. The second kappa shape index (κ2) is 4.61. The normalized spacial score (nSPS) is 16.0. The van der Waals surface area contributed by atoms with Crippen molar-refractivity contribution in [2.24, 2.45) is 0 Å². The highest BCUT2D eigenvalue weighted by Gasteiger charge is 2.22. The van der Waals surface area contributed by atoms with E-state index >= 15 is 0 Å². The summed E-state index contributed by atoms with van der Waals surface area (Å²) in [5.74, 6) is 1.46. The van der Waals surface area contributed by atoms with Crippen molar-refractivity contribution in [3.63, 3.8) is 0 Å². The molecule has 1 aromatic heterocycles. The minimum atomic E-state index is -0.227. The summed E-state index contributed by atoms with van der Waals surface area (Å²) >= 11 is 0. The highest BCUT2D eigenvalue weighted by Crippen LogP contribution is 2.23. The van der Waals surface area contributed by atoms with E-state index < -0.39 is 0 Å². The molecule has 1 aliphatic carbocycles. The van der Waals surface area contributed by atoms with Crippen molar-refractivity contribution in [2.45, 2.75) is 58.7 Å². The molecule has 1 heterocycles. The molecule has 1 N–H and O–H groups in total. The largest absolute Gasteiger partial charge is 0.472 e. The fourth-order valence-electron chi connectivity index (χ4n) is 1.52. The maximum Gasteiger partial charge on any atom is 0.221 e. The van der Waals surface area contributed by atoms with Gasteiger partial charge in [-0.3, -0.25) is 0 Å². The van der Waals surface area contributed by atoms with Crippen molar-refractivity contribution in [1.82, 2.24) is 15.3 Å². The van der Waals surface area contributed by atoms with E-state index in [1.165, 1.54) is 12.8 Å². The number of nitrogens with zero attached hydrogens (tertiary/aromatic N) is 2. The van der Waals surface area contributed by atoms with Gasteiger partial charge in [-0.1, -0.05) is 0 Å². The third kappa shape index (κ3) is 3.97. The zero-order chi connectivity index (χ0) is 12.5. The summed E-state index contributed by atoms with van der Waals surface area (Å²) in [5, 5.41) is 3.46. The molecular formula is C13H21N3O. The number of nitrogens with one attached hydrogen (secondary N) is 1. The standard InChI is InChI=1S/C13H21N3O/c1-9-14-7-10(8-15-11-5-6-11)12(16-9)17-13(2,3)4/h7,11,15H,5-6,8H2,1-4H3. The monoisotopic (exact) mass is 235 g/mol. The Balaban J connectivity index is 2.11. The van der Waals surface area contributed by atoms with E-state index in [0.29, 0.717) is 11.9 Å². The van der Waals surface area contributed by atoms with Crippen molar-refractivity contribution in [3.05, 3.63) is 17.6 Å². The molecule has 0 aromatic carbocycles. The van der Waals surface area contributed by atoms with Gasteiger partial charge in [-0.25, -0.2) is 4.98 Å². The molecule has 0 radical (unpaired) electrons. The van der Waals surface area contributed by atoms with Crippen LogP contribution in [0, 0.1) is 6.92 Å². The zero-order valence-electron chi connectivity index (χ0n) is 11.1. The Kier molecular flexibility index (Phi) is 3.33. The Morgan fingerprint density at radius 1 is 1.41 bits per heavy atom. The molecule has 4 nitrogen and oxygen atoms in total. The third-order valence-corrected chi connectivity index (χ3v) is 2.51. The van der Waals surface area contributed by atoms with E-state index in [4.69, 9.17) is 4.74 Å². The first kappa shape index (κ1) is 12.3. The Morgan fingerprint density at radius 3 is 2.71 bits per heavy atom. The molecule has 0 amide bonds. The molecule has 1 aliphatic rings. The topological polar surface area (TPSA) is 47.0 Å². The van der Waals surface area contributed by atoms with Crippen LogP contribution in [0.4, 0.5) is 0 Å². The van der Waals surface area contributed by atoms with Gasteiger partial charge in [-0.15, -0.1) is 0 Å². The van der Waals surface area contributed by atoms with Crippen LogP contribution in [-0.4, -0.2) is 21.6 Å². The average Bonchev–Trinajstić information content (AvgIpc) is 2.97. The Morgan fingerprint density at radius 2 is 2.12 bits per heavy atom. The third-order valence-electron chi connectivity index (χ3n) is 2.51. The average molecular weight is 235 g/mol. The first-order valence-corrected chi connectivity index (χ1v) is 6.19. The summed E-state index contributed by atoms with van der Waals surface area (Å²) in [7, 11) is 0. The SMILES string of the molecule is Cc1ncc(CNC2CC2)c(OC(C)(C)C)n1. The van der Waals surface area contributed by atoms with E-state index in [0.717, 1.165) is 17.9 Å². The lowest BCUT2D eigenvalue weighted by Crippen LogP contribution is -2.26. The summed E-state index contributed by atoms with van der Waals surface area (Å²) < 4.78 is 5.88. The lowest BCUT2D eigenvalue weighted by Gasteiger charge is -2.22. The van der Waals surface area contributed by atoms with Crippen LogP contribution >= 0.6 is 0 Å². The van der Waals surface area contributed by atoms with Gasteiger partial charge in [0.05, 0.1) is 0 Å². The molecule has 0 saturated heterocycles. The molecule has 1 fully saturated rings. The van der Waals surface area contributed by atoms with Gasteiger partial charge in [0.25, 0.3) is 0 Å². The summed E-state index contributed by atoms with van der Waals surface area (Å²) in [6, 6.07) is 0.679. The highest BCUT2D eigenvalue weighted by atomic mass is 16.5. The van der Waals surface area contributed by atoms with Crippen LogP contribution < -0.4 is 10.1 Å². The van der Waals surface area contributed by atoms with E-state index in [9.17, 15) is 0 Å². The second-order valence-corrected chi connectivity index (χ2v) is 5.62.